The Kier molecular flexibility index (Phi) is 10.2. The molecule has 0 saturated heterocycles. The fourth-order valence-corrected chi connectivity index (χ4v) is 5.86. The van der Waals surface area contributed by atoms with Crippen LogP contribution >= 0.6 is 39.1 Å². The van der Waals surface area contributed by atoms with Crippen LogP contribution in [0.25, 0.3) is 0 Å². The molecule has 1 N–H and O–H groups in total. The number of halogens is 3. The Morgan fingerprint density at radius 2 is 1.63 bits per heavy atom. The van der Waals surface area contributed by atoms with Gasteiger partial charge >= 0.3 is 0 Å². The molecular weight excluding hydrogens is 613 g/mol. The first kappa shape index (κ1) is 30.0. The molecule has 0 saturated carbocycles. The van der Waals surface area contributed by atoms with Gasteiger partial charge in [0.2, 0.25) is 11.8 Å². The van der Waals surface area contributed by atoms with Crippen LogP contribution in [0, 0.1) is 6.92 Å². The molecule has 0 aromatic heterocycles. The number of rotatable bonds is 10. The number of hydrogen-bond donors (Lipinski definition) is 1. The molecule has 7 nitrogen and oxygen atoms in total. The first-order valence-corrected chi connectivity index (χ1v) is 14.8. The van der Waals surface area contributed by atoms with Crippen LogP contribution in [0.3, 0.4) is 0 Å². The van der Waals surface area contributed by atoms with Gasteiger partial charge in [0.05, 0.1) is 10.6 Å². The summed E-state index contributed by atoms with van der Waals surface area (Å²) in [5.74, 6) is -0.948. The SMILES string of the molecule is CCNC(=O)[C@H](C)N(Cc1ccc(Cl)cc1Cl)C(=O)CN(c1ccc(Br)cc1)S(=O)(=O)c1ccc(C)cc1. The Hall–Kier alpha value is -2.59. The molecule has 1 atom stereocenters. The second-order valence-corrected chi connectivity index (χ2v) is 12.3. The number of benzene rings is 3. The summed E-state index contributed by atoms with van der Waals surface area (Å²) in [5, 5.41) is 3.48. The second-order valence-electron chi connectivity index (χ2n) is 8.63. The zero-order valence-corrected chi connectivity index (χ0v) is 25.0. The Morgan fingerprint density at radius 3 is 2.21 bits per heavy atom. The third-order valence-electron chi connectivity index (χ3n) is 5.88. The third-order valence-corrected chi connectivity index (χ3v) is 8.78. The van der Waals surface area contributed by atoms with E-state index < -0.39 is 28.5 Å². The van der Waals surface area contributed by atoms with E-state index in [0.29, 0.717) is 27.8 Å². The molecule has 3 aromatic rings. The van der Waals surface area contributed by atoms with E-state index in [1.165, 1.54) is 17.0 Å². The molecule has 202 valence electrons. The smallest absolute Gasteiger partial charge is 0.264 e. The maximum atomic E-state index is 13.8. The van der Waals surface area contributed by atoms with Crippen molar-refractivity contribution >= 4 is 66.7 Å². The lowest BCUT2D eigenvalue weighted by atomic mass is 10.1. The van der Waals surface area contributed by atoms with Crippen molar-refractivity contribution in [1.29, 1.82) is 0 Å². The van der Waals surface area contributed by atoms with Crippen molar-refractivity contribution < 1.29 is 18.0 Å². The van der Waals surface area contributed by atoms with E-state index in [2.05, 4.69) is 21.2 Å². The number of likely N-dealkylation sites (N-methyl/N-ethyl adjacent to an activating group) is 1. The van der Waals surface area contributed by atoms with Crippen LogP contribution in [0.15, 0.2) is 76.1 Å². The summed E-state index contributed by atoms with van der Waals surface area (Å²) in [6.07, 6.45) is 0. The summed E-state index contributed by atoms with van der Waals surface area (Å²) in [4.78, 5) is 27.9. The topological polar surface area (TPSA) is 86.8 Å². The predicted octanol–water partition coefficient (Wildman–Crippen LogP) is 5.81. The number of carbonyl (C=O) groups is 2. The maximum Gasteiger partial charge on any atom is 0.264 e. The van der Waals surface area contributed by atoms with E-state index >= 15 is 0 Å². The second kappa shape index (κ2) is 13.0. The molecule has 0 aliphatic heterocycles. The fourth-order valence-electron chi connectivity index (χ4n) is 3.71. The summed E-state index contributed by atoms with van der Waals surface area (Å²) in [5.41, 5.74) is 1.77. The highest BCUT2D eigenvalue weighted by molar-refractivity contribution is 9.10. The standard InChI is InChI=1S/C27H28BrCl2N3O4S/c1-4-31-27(35)19(3)32(16-20-7-10-22(29)15-25(20)30)26(34)17-33(23-11-8-21(28)9-12-23)38(36,37)24-13-5-18(2)6-14-24/h5-15,19H,4,16-17H2,1-3H3,(H,31,35)/t19-/m0/s1. The minimum absolute atomic E-state index is 0.0219. The van der Waals surface area contributed by atoms with Crippen LogP contribution < -0.4 is 9.62 Å². The first-order chi connectivity index (χ1) is 17.9. The highest BCUT2D eigenvalue weighted by atomic mass is 79.9. The lowest BCUT2D eigenvalue weighted by Crippen LogP contribution is -2.51. The molecule has 0 unspecified atom stereocenters. The third kappa shape index (κ3) is 7.28. The van der Waals surface area contributed by atoms with Gasteiger partial charge in [-0.3, -0.25) is 13.9 Å². The van der Waals surface area contributed by atoms with Crippen molar-refractivity contribution in [2.24, 2.45) is 0 Å². The molecule has 0 aliphatic carbocycles. The minimum atomic E-state index is -4.13. The zero-order valence-electron chi connectivity index (χ0n) is 21.1. The monoisotopic (exact) mass is 639 g/mol. The average molecular weight is 641 g/mol. The number of nitrogens with zero attached hydrogens (tertiary/aromatic N) is 2. The molecule has 0 radical (unpaired) electrons. The van der Waals surface area contributed by atoms with E-state index in [1.807, 2.05) is 6.92 Å². The van der Waals surface area contributed by atoms with Crippen LogP contribution in [0.2, 0.25) is 10.0 Å². The molecule has 3 rings (SSSR count). The summed E-state index contributed by atoms with van der Waals surface area (Å²) >= 11 is 15.8. The lowest BCUT2D eigenvalue weighted by molar-refractivity contribution is -0.139. The summed E-state index contributed by atoms with van der Waals surface area (Å²) in [6, 6.07) is 17.0. The summed E-state index contributed by atoms with van der Waals surface area (Å²) in [6.45, 7) is 5.04. The zero-order chi connectivity index (χ0) is 28.0. The maximum absolute atomic E-state index is 13.8. The number of nitrogens with one attached hydrogen (secondary N) is 1. The summed E-state index contributed by atoms with van der Waals surface area (Å²) in [7, 11) is -4.13. The predicted molar refractivity (Wildman–Crippen MR) is 155 cm³/mol. The van der Waals surface area contributed by atoms with Gasteiger partial charge in [0.15, 0.2) is 0 Å². The molecule has 0 spiro atoms. The van der Waals surface area contributed by atoms with Crippen molar-refractivity contribution in [1.82, 2.24) is 10.2 Å². The summed E-state index contributed by atoms with van der Waals surface area (Å²) < 4.78 is 29.3. The Bertz CT molecular complexity index is 1400. The van der Waals surface area contributed by atoms with Gasteiger partial charge in [0.1, 0.15) is 12.6 Å². The number of hydrogen-bond acceptors (Lipinski definition) is 4. The average Bonchev–Trinajstić information content (AvgIpc) is 2.87. The first-order valence-electron chi connectivity index (χ1n) is 11.8. The van der Waals surface area contributed by atoms with Gasteiger partial charge in [-0.2, -0.15) is 0 Å². The molecule has 0 bridgehead atoms. The van der Waals surface area contributed by atoms with E-state index in [1.54, 1.807) is 68.4 Å². The normalized spacial score (nSPS) is 12.1. The van der Waals surface area contributed by atoms with Gasteiger partial charge in [0.25, 0.3) is 10.0 Å². The van der Waals surface area contributed by atoms with Gasteiger partial charge in [-0.1, -0.05) is 62.9 Å². The molecule has 0 heterocycles. The number of carbonyl (C=O) groups excluding carboxylic acids is 2. The Labute approximate surface area is 241 Å². The van der Waals surface area contributed by atoms with Crippen LogP contribution in [0.4, 0.5) is 5.69 Å². The van der Waals surface area contributed by atoms with Crippen LogP contribution in [0.5, 0.6) is 0 Å². The Morgan fingerprint density at radius 1 is 1.00 bits per heavy atom. The minimum Gasteiger partial charge on any atom is -0.355 e. The highest BCUT2D eigenvalue weighted by Gasteiger charge is 2.32. The molecular formula is C27H28BrCl2N3O4S. The van der Waals surface area contributed by atoms with E-state index in [0.717, 1.165) is 14.3 Å². The van der Waals surface area contributed by atoms with Crippen molar-refractivity contribution in [3.63, 3.8) is 0 Å². The van der Waals surface area contributed by atoms with Crippen molar-refractivity contribution in [2.75, 3.05) is 17.4 Å². The molecule has 11 heteroatoms. The fraction of sp³-hybridized carbons (Fsp3) is 0.259. The quantitative estimate of drug-likeness (QED) is 0.303. The van der Waals surface area contributed by atoms with Crippen molar-refractivity contribution in [3.05, 3.63) is 92.4 Å². The van der Waals surface area contributed by atoms with Gasteiger partial charge in [-0.05, 0) is 74.9 Å². The van der Waals surface area contributed by atoms with Crippen molar-refractivity contribution in [3.8, 4) is 0 Å². The highest BCUT2D eigenvalue weighted by Crippen LogP contribution is 2.27. The molecule has 3 aromatic carbocycles. The van der Waals surface area contributed by atoms with Gasteiger partial charge in [-0.15, -0.1) is 0 Å². The molecule has 0 aliphatic rings. The molecule has 0 fully saturated rings. The molecule has 2 amide bonds. The number of amides is 2. The van der Waals surface area contributed by atoms with E-state index in [9.17, 15) is 18.0 Å². The van der Waals surface area contributed by atoms with Gasteiger partial charge in [0, 0.05) is 27.6 Å². The number of aryl methyl sites for hydroxylation is 1. The van der Waals surface area contributed by atoms with Crippen molar-refractivity contribution in [2.45, 2.75) is 38.3 Å². The van der Waals surface area contributed by atoms with Gasteiger partial charge in [-0.25, -0.2) is 8.42 Å². The lowest BCUT2D eigenvalue weighted by Gasteiger charge is -2.32. The van der Waals surface area contributed by atoms with E-state index in [-0.39, 0.29) is 17.3 Å². The molecule has 38 heavy (non-hydrogen) atoms. The largest absolute Gasteiger partial charge is 0.355 e. The van der Waals surface area contributed by atoms with E-state index in [4.69, 9.17) is 23.2 Å². The van der Waals surface area contributed by atoms with Crippen LogP contribution in [0.1, 0.15) is 25.0 Å². The van der Waals surface area contributed by atoms with Gasteiger partial charge < -0.3 is 10.2 Å². The van der Waals surface area contributed by atoms with Crippen LogP contribution in [-0.2, 0) is 26.2 Å². The van der Waals surface area contributed by atoms with Crippen LogP contribution in [-0.4, -0.2) is 44.3 Å². The number of anilines is 1. The Balaban J connectivity index is 2.04. The number of sulfonamides is 1.